The van der Waals surface area contributed by atoms with E-state index < -0.39 is 0 Å². The van der Waals surface area contributed by atoms with Gasteiger partial charge in [-0.1, -0.05) is 35.5 Å². The molecule has 6 nitrogen and oxygen atoms in total. The fraction of sp³-hybridized carbons (Fsp3) is 0.526. The van der Waals surface area contributed by atoms with Crippen molar-refractivity contribution >= 4 is 35.2 Å². The summed E-state index contributed by atoms with van der Waals surface area (Å²) in [6.07, 6.45) is 4.74. The molecule has 1 saturated heterocycles. The number of carbonyl (C=O) groups is 1. The van der Waals surface area contributed by atoms with Crippen LogP contribution in [0.5, 0.6) is 0 Å². The van der Waals surface area contributed by atoms with E-state index in [4.69, 9.17) is 11.6 Å². The van der Waals surface area contributed by atoms with Crippen LogP contribution in [0.25, 0.3) is 5.69 Å². The molecular weight excluding hydrogens is 382 g/mol. The second kappa shape index (κ2) is 8.10. The Bertz CT molecular complexity index is 816. The number of nitrogens with one attached hydrogen (secondary N) is 1. The molecule has 2 heterocycles. The number of para-hydroxylation sites is 1. The lowest BCUT2D eigenvalue weighted by Gasteiger charge is -2.19. The number of benzene rings is 1. The van der Waals surface area contributed by atoms with Gasteiger partial charge in [-0.15, -0.1) is 10.2 Å². The van der Waals surface area contributed by atoms with Gasteiger partial charge in [0.15, 0.2) is 5.16 Å². The Morgan fingerprint density at radius 1 is 1.30 bits per heavy atom. The average Bonchev–Trinajstić information content (AvgIpc) is 3.21. The van der Waals surface area contributed by atoms with Crippen LogP contribution in [0.1, 0.15) is 32.6 Å². The summed E-state index contributed by atoms with van der Waals surface area (Å²) >= 11 is 7.86. The lowest BCUT2D eigenvalue weighted by molar-refractivity contribution is -0.119. The third-order valence-electron chi connectivity index (χ3n) is 5.15. The Balaban J connectivity index is 1.54. The molecule has 2 fully saturated rings. The fourth-order valence-corrected chi connectivity index (χ4v) is 4.43. The van der Waals surface area contributed by atoms with Crippen molar-refractivity contribution < 1.29 is 4.79 Å². The fourth-order valence-electron chi connectivity index (χ4n) is 3.46. The summed E-state index contributed by atoms with van der Waals surface area (Å²) in [5, 5.41) is 13.2. The van der Waals surface area contributed by atoms with E-state index in [0.717, 1.165) is 37.6 Å². The highest BCUT2D eigenvalue weighted by Gasteiger charge is 2.29. The first-order valence-electron chi connectivity index (χ1n) is 9.51. The van der Waals surface area contributed by atoms with Crippen LogP contribution < -0.4 is 10.2 Å². The van der Waals surface area contributed by atoms with Gasteiger partial charge in [0.25, 0.3) is 0 Å². The van der Waals surface area contributed by atoms with Crippen LogP contribution in [0.15, 0.2) is 29.4 Å². The maximum atomic E-state index is 12.3. The van der Waals surface area contributed by atoms with Crippen molar-refractivity contribution in [1.82, 2.24) is 20.1 Å². The molecule has 2 aromatic rings. The van der Waals surface area contributed by atoms with E-state index in [1.54, 1.807) is 0 Å². The van der Waals surface area contributed by atoms with Crippen LogP contribution in [0.3, 0.4) is 0 Å². The van der Waals surface area contributed by atoms with Gasteiger partial charge < -0.3 is 10.2 Å². The van der Waals surface area contributed by atoms with E-state index in [9.17, 15) is 4.79 Å². The predicted molar refractivity (Wildman–Crippen MR) is 109 cm³/mol. The van der Waals surface area contributed by atoms with Gasteiger partial charge in [0.2, 0.25) is 11.9 Å². The molecule has 1 aromatic carbocycles. The molecule has 1 amide bonds. The van der Waals surface area contributed by atoms with Gasteiger partial charge in [0.1, 0.15) is 0 Å². The van der Waals surface area contributed by atoms with Crippen LogP contribution in [-0.4, -0.2) is 45.6 Å². The van der Waals surface area contributed by atoms with E-state index in [1.807, 2.05) is 28.8 Å². The summed E-state index contributed by atoms with van der Waals surface area (Å²) < 4.78 is 1.98. The first-order chi connectivity index (χ1) is 13.1. The molecule has 144 valence electrons. The first kappa shape index (κ1) is 18.6. The number of aromatic nitrogens is 3. The third-order valence-corrected chi connectivity index (χ3v) is 6.40. The largest absolute Gasteiger partial charge is 0.353 e. The van der Waals surface area contributed by atoms with Crippen molar-refractivity contribution in [3.8, 4) is 5.69 Å². The zero-order valence-corrected chi connectivity index (χ0v) is 17.0. The molecule has 0 unspecified atom stereocenters. The maximum absolute atomic E-state index is 12.3. The van der Waals surface area contributed by atoms with Crippen LogP contribution in [-0.2, 0) is 4.79 Å². The van der Waals surface area contributed by atoms with E-state index in [2.05, 4.69) is 27.3 Å². The second-order valence-corrected chi connectivity index (χ2v) is 8.60. The second-order valence-electron chi connectivity index (χ2n) is 7.25. The van der Waals surface area contributed by atoms with Crippen LogP contribution in [0.2, 0.25) is 5.02 Å². The van der Waals surface area contributed by atoms with Gasteiger partial charge in [-0.25, -0.2) is 0 Å². The summed E-state index contributed by atoms with van der Waals surface area (Å²) in [7, 11) is 0. The number of anilines is 1. The first-order valence-corrected chi connectivity index (χ1v) is 10.9. The highest BCUT2D eigenvalue weighted by atomic mass is 35.5. The lowest BCUT2D eigenvalue weighted by atomic mass is 10.2. The number of rotatable bonds is 7. The minimum atomic E-state index is 0.0378. The van der Waals surface area contributed by atoms with Gasteiger partial charge in [-0.2, -0.15) is 0 Å². The van der Waals surface area contributed by atoms with Crippen molar-refractivity contribution in [2.75, 3.05) is 23.7 Å². The SMILES string of the molecule is C[C@@H](NC(=O)CSc1nnc(N2CCCC2)n1-c1ccccc1Cl)C1CC1. The smallest absolute Gasteiger partial charge is 0.232 e. The third kappa shape index (κ3) is 4.24. The number of hydrogen-bond acceptors (Lipinski definition) is 5. The van der Waals surface area contributed by atoms with Crippen molar-refractivity contribution in [1.29, 1.82) is 0 Å². The summed E-state index contributed by atoms with van der Waals surface area (Å²) in [6, 6.07) is 7.94. The van der Waals surface area contributed by atoms with Crippen molar-refractivity contribution in [3.05, 3.63) is 29.3 Å². The van der Waals surface area contributed by atoms with Crippen molar-refractivity contribution in [2.45, 2.75) is 43.8 Å². The number of hydrogen-bond donors (Lipinski definition) is 1. The molecule has 1 N–H and O–H groups in total. The van der Waals surface area contributed by atoms with E-state index in [0.29, 0.717) is 21.8 Å². The van der Waals surface area contributed by atoms with Gasteiger partial charge in [0.05, 0.1) is 16.5 Å². The standard InChI is InChI=1S/C19H24ClN5OS/c1-13(14-8-9-14)21-17(26)12-27-19-23-22-18(24-10-4-5-11-24)25(19)16-7-3-2-6-15(16)20/h2-3,6-7,13-14H,4-5,8-12H2,1H3,(H,21,26)/t13-/m1/s1. The number of thioether (sulfide) groups is 1. The molecule has 0 bridgehead atoms. The van der Waals surface area contributed by atoms with Gasteiger partial charge in [-0.05, 0) is 50.7 Å². The summed E-state index contributed by atoms with van der Waals surface area (Å²) in [5.41, 5.74) is 0.848. The molecule has 1 saturated carbocycles. The molecule has 4 rings (SSSR count). The van der Waals surface area contributed by atoms with E-state index >= 15 is 0 Å². The zero-order chi connectivity index (χ0) is 18.8. The van der Waals surface area contributed by atoms with Gasteiger partial charge >= 0.3 is 0 Å². The van der Waals surface area contributed by atoms with E-state index in [-0.39, 0.29) is 11.9 Å². The normalized spacial score (nSPS) is 17.9. The van der Waals surface area contributed by atoms with Gasteiger partial charge in [-0.3, -0.25) is 9.36 Å². The molecule has 1 aromatic heterocycles. The molecule has 8 heteroatoms. The minimum absolute atomic E-state index is 0.0378. The molecule has 1 aliphatic heterocycles. The lowest BCUT2D eigenvalue weighted by Crippen LogP contribution is -2.35. The number of halogens is 1. The quantitative estimate of drug-likeness (QED) is 0.714. The van der Waals surface area contributed by atoms with Gasteiger partial charge in [0, 0.05) is 19.1 Å². The topological polar surface area (TPSA) is 63.1 Å². The number of carbonyl (C=O) groups excluding carboxylic acids is 1. The Morgan fingerprint density at radius 3 is 2.74 bits per heavy atom. The molecule has 0 radical (unpaired) electrons. The Kier molecular flexibility index (Phi) is 5.59. The van der Waals surface area contributed by atoms with Crippen molar-refractivity contribution in [2.24, 2.45) is 5.92 Å². The molecule has 0 spiro atoms. The van der Waals surface area contributed by atoms with Crippen LogP contribution in [0, 0.1) is 5.92 Å². The summed E-state index contributed by atoms with van der Waals surface area (Å²) in [6.45, 7) is 4.01. The number of nitrogens with zero attached hydrogens (tertiary/aromatic N) is 4. The molecule has 27 heavy (non-hydrogen) atoms. The average molecular weight is 406 g/mol. The molecule has 1 aliphatic carbocycles. The molecule has 1 atom stereocenters. The highest BCUT2D eigenvalue weighted by Crippen LogP contribution is 2.33. The monoisotopic (exact) mass is 405 g/mol. The van der Waals surface area contributed by atoms with Crippen LogP contribution >= 0.6 is 23.4 Å². The zero-order valence-electron chi connectivity index (χ0n) is 15.4. The van der Waals surface area contributed by atoms with Crippen LogP contribution in [0.4, 0.5) is 5.95 Å². The Labute approximate surface area is 168 Å². The minimum Gasteiger partial charge on any atom is -0.353 e. The molecule has 2 aliphatic rings. The summed E-state index contributed by atoms with van der Waals surface area (Å²) in [4.78, 5) is 14.5. The summed E-state index contributed by atoms with van der Waals surface area (Å²) in [5.74, 6) is 1.80. The van der Waals surface area contributed by atoms with E-state index in [1.165, 1.54) is 24.6 Å². The maximum Gasteiger partial charge on any atom is 0.232 e. The molecular formula is C19H24ClN5OS. The Morgan fingerprint density at radius 2 is 2.04 bits per heavy atom. The number of amides is 1. The highest BCUT2D eigenvalue weighted by molar-refractivity contribution is 7.99. The van der Waals surface area contributed by atoms with Crippen molar-refractivity contribution in [3.63, 3.8) is 0 Å². The Hall–Kier alpha value is -1.73. The predicted octanol–water partition coefficient (Wildman–Crippen LogP) is 3.53.